The van der Waals surface area contributed by atoms with E-state index in [4.69, 9.17) is 18.9 Å². The van der Waals surface area contributed by atoms with Crippen LogP contribution >= 0.6 is 0 Å². The van der Waals surface area contributed by atoms with Crippen molar-refractivity contribution in [3.8, 4) is 0 Å². The van der Waals surface area contributed by atoms with E-state index in [0.717, 1.165) is 11.8 Å². The molecule has 2 aliphatic rings. The van der Waals surface area contributed by atoms with Crippen LogP contribution in [0.25, 0.3) is 0 Å². The molecule has 3 rings (SSSR count). The predicted molar refractivity (Wildman–Crippen MR) is 74.4 cm³/mol. The van der Waals surface area contributed by atoms with Crippen LogP contribution in [-0.2, 0) is 30.3 Å². The molecule has 0 amide bonds. The first kappa shape index (κ1) is 14.7. The highest BCUT2D eigenvalue weighted by molar-refractivity contribution is 5.63. The van der Waals surface area contributed by atoms with Crippen LogP contribution < -0.4 is 0 Å². The molecule has 0 radical (unpaired) electrons. The largest absolute Gasteiger partial charge is 0.373 e. The number of fused-ring (bicyclic) bond motifs is 1. The Labute approximate surface area is 124 Å². The van der Waals surface area contributed by atoms with Crippen molar-refractivity contribution in [3.63, 3.8) is 0 Å². The smallest absolute Gasteiger partial charge is 0.188 e. The van der Waals surface area contributed by atoms with Gasteiger partial charge in [-0.2, -0.15) is 0 Å². The third-order valence-electron chi connectivity index (χ3n) is 3.71. The molecule has 0 aromatic heterocycles. The standard InChI is InChI=1S/C16H20O5/c1-15(2)19-13-8-16(10-17,21-14(13)20-15)11-18-9-12-6-4-3-5-7-12/h3-7,10,13-14H,8-9,11H2,1-2H3/t13-,14+,16-/m1/s1. The van der Waals surface area contributed by atoms with Crippen molar-refractivity contribution in [2.45, 2.75) is 50.7 Å². The van der Waals surface area contributed by atoms with E-state index in [-0.39, 0.29) is 12.7 Å². The first-order chi connectivity index (χ1) is 10.0. The molecule has 0 unspecified atom stereocenters. The van der Waals surface area contributed by atoms with Crippen molar-refractivity contribution in [2.24, 2.45) is 0 Å². The van der Waals surface area contributed by atoms with Gasteiger partial charge in [-0.1, -0.05) is 30.3 Å². The number of ether oxygens (including phenoxy) is 4. The van der Waals surface area contributed by atoms with E-state index in [1.54, 1.807) is 0 Å². The molecule has 3 atom stereocenters. The SMILES string of the molecule is CC1(C)O[C@H]2O[C@](C=O)(COCc3ccccc3)C[C@H]2O1. The van der Waals surface area contributed by atoms with E-state index in [1.807, 2.05) is 44.2 Å². The Balaban J connectivity index is 1.56. The first-order valence-electron chi connectivity index (χ1n) is 7.13. The molecule has 0 spiro atoms. The Bertz CT molecular complexity index is 483. The maximum atomic E-state index is 11.4. The normalized spacial score (nSPS) is 33.8. The Kier molecular flexibility index (Phi) is 3.84. The van der Waals surface area contributed by atoms with Gasteiger partial charge in [0.15, 0.2) is 24.0 Å². The van der Waals surface area contributed by atoms with Gasteiger partial charge in [0.2, 0.25) is 0 Å². The summed E-state index contributed by atoms with van der Waals surface area (Å²) >= 11 is 0. The van der Waals surface area contributed by atoms with Crippen LogP contribution in [-0.4, -0.2) is 36.7 Å². The second kappa shape index (κ2) is 5.50. The minimum atomic E-state index is -0.972. The van der Waals surface area contributed by atoms with Gasteiger partial charge < -0.3 is 23.7 Å². The van der Waals surface area contributed by atoms with Gasteiger partial charge in [0.05, 0.1) is 13.2 Å². The molecular weight excluding hydrogens is 272 g/mol. The average Bonchev–Trinajstić information content (AvgIpc) is 2.90. The lowest BCUT2D eigenvalue weighted by Gasteiger charge is -2.26. The molecule has 5 heteroatoms. The van der Waals surface area contributed by atoms with Crippen LogP contribution in [0.15, 0.2) is 30.3 Å². The average molecular weight is 292 g/mol. The highest BCUT2D eigenvalue weighted by Gasteiger charge is 2.55. The molecule has 2 aliphatic heterocycles. The van der Waals surface area contributed by atoms with Gasteiger partial charge in [0, 0.05) is 6.42 Å². The summed E-state index contributed by atoms with van der Waals surface area (Å²) in [6, 6.07) is 9.82. The Morgan fingerprint density at radius 2 is 2.00 bits per heavy atom. The van der Waals surface area contributed by atoms with Crippen molar-refractivity contribution in [3.05, 3.63) is 35.9 Å². The number of carbonyl (C=O) groups is 1. The monoisotopic (exact) mass is 292 g/mol. The first-order valence-corrected chi connectivity index (χ1v) is 7.13. The lowest BCUT2D eigenvalue weighted by Crippen LogP contribution is -2.39. The highest BCUT2D eigenvalue weighted by atomic mass is 16.8. The Morgan fingerprint density at radius 3 is 2.67 bits per heavy atom. The molecule has 0 bridgehead atoms. The van der Waals surface area contributed by atoms with Crippen LogP contribution in [0.5, 0.6) is 0 Å². The molecular formula is C16H20O5. The summed E-state index contributed by atoms with van der Waals surface area (Å²) in [7, 11) is 0. The van der Waals surface area contributed by atoms with Gasteiger partial charge in [-0.15, -0.1) is 0 Å². The van der Waals surface area contributed by atoms with Gasteiger partial charge in [-0.05, 0) is 19.4 Å². The number of aldehydes is 1. The van der Waals surface area contributed by atoms with Gasteiger partial charge in [0.25, 0.3) is 0 Å². The molecule has 1 aromatic carbocycles. The van der Waals surface area contributed by atoms with Crippen molar-refractivity contribution < 1.29 is 23.7 Å². The summed E-state index contributed by atoms with van der Waals surface area (Å²) in [5, 5.41) is 0. The topological polar surface area (TPSA) is 54.0 Å². The molecule has 2 fully saturated rings. The third kappa shape index (κ3) is 3.16. The third-order valence-corrected chi connectivity index (χ3v) is 3.71. The van der Waals surface area contributed by atoms with E-state index in [2.05, 4.69) is 0 Å². The summed E-state index contributed by atoms with van der Waals surface area (Å²) in [5.74, 6) is -0.657. The summed E-state index contributed by atoms with van der Waals surface area (Å²) in [4.78, 5) is 11.4. The minimum absolute atomic E-state index is 0.200. The molecule has 114 valence electrons. The van der Waals surface area contributed by atoms with Gasteiger partial charge in [-0.3, -0.25) is 0 Å². The molecule has 2 saturated heterocycles. The fraction of sp³-hybridized carbons (Fsp3) is 0.562. The van der Waals surface area contributed by atoms with Crippen LogP contribution in [0, 0.1) is 0 Å². The minimum Gasteiger partial charge on any atom is -0.373 e. The maximum absolute atomic E-state index is 11.4. The molecule has 2 heterocycles. The predicted octanol–water partition coefficient (Wildman–Crippen LogP) is 2.04. The summed E-state index contributed by atoms with van der Waals surface area (Å²) in [6.45, 7) is 4.32. The number of hydrogen-bond acceptors (Lipinski definition) is 5. The Hall–Kier alpha value is -1.27. The summed E-state index contributed by atoms with van der Waals surface area (Å²) < 4.78 is 22.8. The lowest BCUT2D eigenvalue weighted by atomic mass is 10.0. The van der Waals surface area contributed by atoms with Crippen molar-refractivity contribution >= 4 is 6.29 Å². The molecule has 5 nitrogen and oxygen atoms in total. The van der Waals surface area contributed by atoms with Gasteiger partial charge in [0.1, 0.15) is 6.10 Å². The molecule has 21 heavy (non-hydrogen) atoms. The van der Waals surface area contributed by atoms with E-state index < -0.39 is 17.7 Å². The molecule has 1 aromatic rings. The summed E-state index contributed by atoms with van der Waals surface area (Å²) in [6.07, 6.45) is 0.547. The second-order valence-electron chi connectivity index (χ2n) is 6.03. The molecule has 0 N–H and O–H groups in total. The van der Waals surface area contributed by atoms with E-state index in [1.165, 1.54) is 0 Å². The quantitative estimate of drug-likeness (QED) is 0.777. The molecule has 0 aliphatic carbocycles. The van der Waals surface area contributed by atoms with E-state index in [0.29, 0.717) is 13.0 Å². The van der Waals surface area contributed by atoms with E-state index >= 15 is 0 Å². The van der Waals surface area contributed by atoms with Crippen molar-refractivity contribution in [1.82, 2.24) is 0 Å². The lowest BCUT2D eigenvalue weighted by molar-refractivity contribution is -0.227. The van der Waals surface area contributed by atoms with E-state index in [9.17, 15) is 4.79 Å². The number of carbonyl (C=O) groups excluding carboxylic acids is 1. The number of benzene rings is 1. The Morgan fingerprint density at radius 1 is 1.24 bits per heavy atom. The van der Waals surface area contributed by atoms with Gasteiger partial charge in [-0.25, -0.2) is 0 Å². The fourth-order valence-electron chi connectivity index (χ4n) is 2.78. The van der Waals surface area contributed by atoms with Crippen LogP contribution in [0.1, 0.15) is 25.8 Å². The highest BCUT2D eigenvalue weighted by Crippen LogP contribution is 2.41. The zero-order valence-corrected chi connectivity index (χ0v) is 12.3. The number of hydrogen-bond donors (Lipinski definition) is 0. The van der Waals surface area contributed by atoms with Crippen LogP contribution in [0.2, 0.25) is 0 Å². The zero-order chi connectivity index (χ0) is 14.9. The molecule has 0 saturated carbocycles. The van der Waals surface area contributed by atoms with Gasteiger partial charge >= 0.3 is 0 Å². The van der Waals surface area contributed by atoms with Crippen LogP contribution in [0.3, 0.4) is 0 Å². The summed E-state index contributed by atoms with van der Waals surface area (Å²) in [5.41, 5.74) is 0.0889. The van der Waals surface area contributed by atoms with Crippen LogP contribution in [0.4, 0.5) is 0 Å². The van der Waals surface area contributed by atoms with Crippen molar-refractivity contribution in [2.75, 3.05) is 6.61 Å². The zero-order valence-electron chi connectivity index (χ0n) is 12.3. The number of rotatable bonds is 5. The maximum Gasteiger partial charge on any atom is 0.188 e. The second-order valence-corrected chi connectivity index (χ2v) is 6.03. The fourth-order valence-corrected chi connectivity index (χ4v) is 2.78. The van der Waals surface area contributed by atoms with Crippen molar-refractivity contribution in [1.29, 1.82) is 0 Å².